The Morgan fingerprint density at radius 3 is 2.37 bits per heavy atom. The van der Waals surface area contributed by atoms with Crippen LogP contribution in [0.5, 0.6) is 0 Å². The van der Waals surface area contributed by atoms with Crippen LogP contribution in [0.1, 0.15) is 61.9 Å². The van der Waals surface area contributed by atoms with Crippen molar-refractivity contribution in [1.82, 2.24) is 5.32 Å². The molecule has 0 atom stereocenters. The Labute approximate surface area is 170 Å². The summed E-state index contributed by atoms with van der Waals surface area (Å²) in [6.45, 7) is 16.5. The number of thioether (sulfide) groups is 1. The number of nitrogens with one attached hydrogen (secondary N) is 1. The Hall–Kier alpha value is -1.74. The summed E-state index contributed by atoms with van der Waals surface area (Å²) < 4.78 is 0. The minimum absolute atomic E-state index is 0.928. The molecule has 2 aromatic rings. The number of benzene rings is 2. The average molecular weight is 385 g/mol. The van der Waals surface area contributed by atoms with Gasteiger partial charge in [-0.05, 0) is 43.9 Å². The van der Waals surface area contributed by atoms with Gasteiger partial charge in [-0.1, -0.05) is 69.7 Å². The van der Waals surface area contributed by atoms with E-state index in [2.05, 4.69) is 67.5 Å². The van der Waals surface area contributed by atoms with Crippen LogP contribution < -0.4 is 5.32 Å². The highest BCUT2D eigenvalue weighted by molar-refractivity contribution is 7.98. The standard InChI is InChI=1S/C20H24N2S.2C2H6/c1-14-8-9-15(2)17(12-14)13-23-19-16(3)6-4-7-18(19)20-21-10-5-11-22-20;2*1-2/h4,6-9,12H,5,10-11,13H2,1-3H3,(H,21,22);2*1-2H3. The van der Waals surface area contributed by atoms with Crippen LogP contribution in [-0.4, -0.2) is 18.9 Å². The van der Waals surface area contributed by atoms with Crippen molar-refractivity contribution in [3.8, 4) is 0 Å². The van der Waals surface area contributed by atoms with E-state index >= 15 is 0 Å². The molecule has 1 aliphatic heterocycles. The predicted molar refractivity (Wildman–Crippen MR) is 123 cm³/mol. The smallest absolute Gasteiger partial charge is 0.129 e. The zero-order valence-corrected chi connectivity index (χ0v) is 19.0. The molecule has 3 rings (SSSR count). The van der Waals surface area contributed by atoms with Gasteiger partial charge >= 0.3 is 0 Å². The van der Waals surface area contributed by atoms with Crippen molar-refractivity contribution < 1.29 is 0 Å². The van der Waals surface area contributed by atoms with Crippen LogP contribution in [0.15, 0.2) is 46.3 Å². The van der Waals surface area contributed by atoms with Gasteiger partial charge in [0.2, 0.25) is 0 Å². The third kappa shape index (κ3) is 6.73. The highest BCUT2D eigenvalue weighted by Gasteiger charge is 2.14. The zero-order chi connectivity index (χ0) is 20.2. The highest BCUT2D eigenvalue weighted by atomic mass is 32.2. The summed E-state index contributed by atoms with van der Waals surface area (Å²) in [6, 6.07) is 13.2. The molecule has 1 heterocycles. The van der Waals surface area contributed by atoms with E-state index < -0.39 is 0 Å². The summed E-state index contributed by atoms with van der Waals surface area (Å²) in [5.41, 5.74) is 6.69. The first-order chi connectivity index (χ1) is 13.1. The van der Waals surface area contributed by atoms with E-state index in [1.54, 1.807) is 0 Å². The first-order valence-electron chi connectivity index (χ1n) is 10.2. The van der Waals surface area contributed by atoms with E-state index in [4.69, 9.17) is 0 Å². The fraction of sp³-hybridized carbons (Fsp3) is 0.458. The van der Waals surface area contributed by atoms with Crippen molar-refractivity contribution in [2.75, 3.05) is 13.1 Å². The van der Waals surface area contributed by atoms with Crippen molar-refractivity contribution in [3.63, 3.8) is 0 Å². The maximum absolute atomic E-state index is 4.68. The summed E-state index contributed by atoms with van der Waals surface area (Å²) in [4.78, 5) is 6.03. The van der Waals surface area contributed by atoms with Crippen LogP contribution in [0, 0.1) is 20.8 Å². The van der Waals surface area contributed by atoms with E-state index in [1.165, 1.54) is 32.7 Å². The van der Waals surface area contributed by atoms with Crippen molar-refractivity contribution in [3.05, 3.63) is 64.2 Å². The Morgan fingerprint density at radius 1 is 0.963 bits per heavy atom. The minimum atomic E-state index is 0.928. The van der Waals surface area contributed by atoms with Crippen molar-refractivity contribution in [1.29, 1.82) is 0 Å². The Kier molecular flexibility index (Phi) is 10.9. The fourth-order valence-electron chi connectivity index (χ4n) is 2.85. The second kappa shape index (κ2) is 12.6. The molecule has 1 N–H and O–H groups in total. The molecule has 0 saturated carbocycles. The highest BCUT2D eigenvalue weighted by Crippen LogP contribution is 2.31. The molecule has 0 radical (unpaired) electrons. The minimum Gasteiger partial charge on any atom is -0.370 e. The van der Waals surface area contributed by atoms with Crippen molar-refractivity contribution in [2.45, 2.75) is 65.5 Å². The van der Waals surface area contributed by atoms with Crippen molar-refractivity contribution >= 4 is 17.6 Å². The fourth-order valence-corrected chi connectivity index (χ4v) is 4.08. The molecule has 0 unspecified atom stereocenters. The third-order valence-electron chi connectivity index (χ3n) is 4.24. The third-order valence-corrected chi connectivity index (χ3v) is 5.53. The van der Waals surface area contributed by atoms with Crippen molar-refractivity contribution in [2.24, 2.45) is 4.99 Å². The molecule has 0 amide bonds. The van der Waals surface area contributed by atoms with Gasteiger partial charge in [-0.3, -0.25) is 4.99 Å². The van der Waals surface area contributed by atoms with Gasteiger partial charge in [0, 0.05) is 29.3 Å². The molecule has 1 aliphatic rings. The summed E-state index contributed by atoms with van der Waals surface area (Å²) in [5.74, 6) is 2.06. The number of rotatable bonds is 4. The monoisotopic (exact) mass is 384 g/mol. The lowest BCUT2D eigenvalue weighted by Crippen LogP contribution is -2.30. The van der Waals surface area contributed by atoms with E-state index in [1.807, 2.05) is 39.5 Å². The van der Waals surface area contributed by atoms with Gasteiger partial charge in [0.1, 0.15) is 5.84 Å². The van der Waals surface area contributed by atoms with Gasteiger partial charge in [-0.2, -0.15) is 0 Å². The largest absolute Gasteiger partial charge is 0.370 e. The number of aryl methyl sites for hydroxylation is 3. The molecule has 0 aromatic heterocycles. The lowest BCUT2D eigenvalue weighted by Gasteiger charge is -2.19. The SMILES string of the molecule is CC.CC.Cc1ccc(C)c(CSc2c(C)cccc2C2=NCCCN2)c1. The molecule has 27 heavy (non-hydrogen) atoms. The van der Waals surface area contributed by atoms with Crippen LogP contribution >= 0.6 is 11.8 Å². The van der Waals surface area contributed by atoms with Crippen LogP contribution in [0.3, 0.4) is 0 Å². The summed E-state index contributed by atoms with van der Waals surface area (Å²) in [7, 11) is 0. The molecule has 2 aromatic carbocycles. The second-order valence-corrected chi connectivity index (χ2v) is 7.17. The molecule has 0 saturated heterocycles. The Bertz CT molecular complexity index is 735. The molecule has 148 valence electrons. The predicted octanol–water partition coefficient (Wildman–Crippen LogP) is 6.70. The molecular weight excluding hydrogens is 348 g/mol. The quantitative estimate of drug-likeness (QED) is 0.593. The summed E-state index contributed by atoms with van der Waals surface area (Å²) in [6.07, 6.45) is 1.13. The van der Waals surface area contributed by atoms with Gasteiger partial charge in [-0.15, -0.1) is 11.8 Å². The van der Waals surface area contributed by atoms with Crippen LogP contribution in [-0.2, 0) is 5.75 Å². The van der Waals surface area contributed by atoms with E-state index in [9.17, 15) is 0 Å². The molecule has 0 aliphatic carbocycles. The van der Waals surface area contributed by atoms with Gasteiger partial charge in [0.05, 0.1) is 0 Å². The van der Waals surface area contributed by atoms with Crippen LogP contribution in [0.25, 0.3) is 0 Å². The van der Waals surface area contributed by atoms with E-state index in [0.717, 1.165) is 31.1 Å². The lowest BCUT2D eigenvalue weighted by atomic mass is 10.1. The van der Waals surface area contributed by atoms with Gasteiger partial charge in [0.15, 0.2) is 0 Å². The van der Waals surface area contributed by atoms with Gasteiger partial charge < -0.3 is 5.32 Å². The number of hydrogen-bond acceptors (Lipinski definition) is 3. The topological polar surface area (TPSA) is 24.4 Å². The van der Waals surface area contributed by atoms with Crippen LogP contribution in [0.2, 0.25) is 0 Å². The van der Waals surface area contributed by atoms with E-state index in [0.29, 0.717) is 0 Å². The number of nitrogens with zero attached hydrogens (tertiary/aromatic N) is 1. The molecule has 0 spiro atoms. The van der Waals surface area contributed by atoms with Crippen LogP contribution in [0.4, 0.5) is 0 Å². The molecule has 0 bridgehead atoms. The molecular formula is C24H36N2S. The first kappa shape index (κ1) is 23.3. The maximum atomic E-state index is 4.68. The first-order valence-corrected chi connectivity index (χ1v) is 11.2. The summed E-state index contributed by atoms with van der Waals surface area (Å²) >= 11 is 1.92. The molecule has 3 heteroatoms. The van der Waals surface area contributed by atoms with Gasteiger partial charge in [-0.25, -0.2) is 0 Å². The number of hydrogen-bond donors (Lipinski definition) is 1. The number of aliphatic imine (C=N–C) groups is 1. The lowest BCUT2D eigenvalue weighted by molar-refractivity contribution is 0.741. The van der Waals surface area contributed by atoms with E-state index in [-0.39, 0.29) is 0 Å². The Balaban J connectivity index is 0.000000855. The number of amidine groups is 1. The molecule has 2 nitrogen and oxygen atoms in total. The summed E-state index contributed by atoms with van der Waals surface area (Å²) in [5, 5.41) is 3.46. The second-order valence-electron chi connectivity index (χ2n) is 6.18. The normalized spacial score (nSPS) is 12.6. The Morgan fingerprint density at radius 2 is 1.70 bits per heavy atom. The zero-order valence-electron chi connectivity index (χ0n) is 18.1. The molecule has 0 fully saturated rings. The van der Waals surface area contributed by atoms with Gasteiger partial charge in [0.25, 0.3) is 0 Å². The average Bonchev–Trinajstić information content (AvgIpc) is 2.73. The maximum Gasteiger partial charge on any atom is 0.129 e.